The van der Waals surface area contributed by atoms with Gasteiger partial charge in [0.05, 0.1) is 0 Å². The van der Waals surface area contributed by atoms with E-state index in [-0.39, 0.29) is 11.8 Å². The molecule has 0 aromatic carbocycles. The lowest BCUT2D eigenvalue weighted by molar-refractivity contribution is 0.0946. The van der Waals surface area contributed by atoms with Gasteiger partial charge < -0.3 is 11.1 Å². The summed E-state index contributed by atoms with van der Waals surface area (Å²) in [5.41, 5.74) is 5.21. The number of nitrogens with zero attached hydrogens (tertiary/aromatic N) is 2. The third-order valence-electron chi connectivity index (χ3n) is 1.39. The summed E-state index contributed by atoms with van der Waals surface area (Å²) in [6.45, 7) is 0.336. The van der Waals surface area contributed by atoms with Crippen molar-refractivity contribution in [3.05, 3.63) is 5.82 Å². The van der Waals surface area contributed by atoms with Gasteiger partial charge in [0.15, 0.2) is 0 Å². The summed E-state index contributed by atoms with van der Waals surface area (Å²) in [6.07, 6.45) is 1.57. The smallest absolute Gasteiger partial charge is 0.288 e. The van der Waals surface area contributed by atoms with Crippen LogP contribution in [0.2, 0.25) is 0 Å². The van der Waals surface area contributed by atoms with Crippen molar-refractivity contribution in [3.63, 3.8) is 0 Å². The van der Waals surface area contributed by atoms with Crippen LogP contribution < -0.4 is 11.1 Å². The van der Waals surface area contributed by atoms with Crippen molar-refractivity contribution in [2.45, 2.75) is 0 Å². The summed E-state index contributed by atoms with van der Waals surface area (Å²) in [7, 11) is -0.919. The van der Waals surface area contributed by atoms with Gasteiger partial charge in [-0.2, -0.15) is 4.98 Å². The molecule has 0 radical (unpaired) electrons. The highest BCUT2D eigenvalue weighted by Crippen LogP contribution is 1.91. The second kappa shape index (κ2) is 4.70. The van der Waals surface area contributed by atoms with Gasteiger partial charge in [-0.1, -0.05) is 0 Å². The lowest BCUT2D eigenvalue weighted by atomic mass is 10.5. The van der Waals surface area contributed by atoms with Crippen LogP contribution in [0.4, 0.5) is 5.95 Å². The molecule has 0 saturated heterocycles. The lowest BCUT2D eigenvalue weighted by Crippen LogP contribution is -2.28. The Bertz CT molecular complexity index is 350. The van der Waals surface area contributed by atoms with Crippen molar-refractivity contribution < 1.29 is 9.00 Å². The minimum absolute atomic E-state index is 0.0224. The maximum absolute atomic E-state index is 11.2. The molecule has 1 amide bonds. The molecule has 1 aromatic heterocycles. The van der Waals surface area contributed by atoms with E-state index >= 15 is 0 Å². The number of aromatic amines is 1. The van der Waals surface area contributed by atoms with Gasteiger partial charge in [-0.25, -0.2) is 0 Å². The fourth-order valence-corrected chi connectivity index (χ4v) is 1.16. The SMILES string of the molecule is CS(=O)CCNC(=O)c1nc(N)n[nH]1. The standard InChI is InChI=1S/C6H11N5O2S/c1-14(13)3-2-8-5(12)4-9-6(7)11-10-4/h2-3H2,1H3,(H,8,12)(H3,7,9,10,11). The third kappa shape index (κ3) is 3.13. The van der Waals surface area contributed by atoms with Crippen LogP contribution >= 0.6 is 0 Å². The quantitative estimate of drug-likeness (QED) is 0.567. The van der Waals surface area contributed by atoms with Gasteiger partial charge in [-0.3, -0.25) is 14.1 Å². The number of hydrogen-bond acceptors (Lipinski definition) is 5. The number of anilines is 1. The van der Waals surface area contributed by atoms with E-state index in [0.29, 0.717) is 12.3 Å². The molecular weight excluding hydrogens is 206 g/mol. The molecule has 0 fully saturated rings. The predicted octanol–water partition coefficient (Wildman–Crippen LogP) is -1.50. The molecule has 7 nitrogen and oxygen atoms in total. The van der Waals surface area contributed by atoms with Crippen LogP contribution in [0, 0.1) is 0 Å². The van der Waals surface area contributed by atoms with Gasteiger partial charge in [0.25, 0.3) is 5.91 Å². The fourth-order valence-electron chi connectivity index (χ4n) is 0.768. The number of aromatic nitrogens is 3. The Balaban J connectivity index is 2.39. The van der Waals surface area contributed by atoms with E-state index in [9.17, 15) is 9.00 Å². The minimum Gasteiger partial charge on any atom is -0.366 e. The highest BCUT2D eigenvalue weighted by molar-refractivity contribution is 7.84. The van der Waals surface area contributed by atoms with Crippen LogP contribution in [-0.4, -0.2) is 43.9 Å². The maximum Gasteiger partial charge on any atom is 0.288 e. The lowest BCUT2D eigenvalue weighted by Gasteiger charge is -1.99. The molecule has 0 saturated carbocycles. The molecule has 1 unspecified atom stereocenters. The van der Waals surface area contributed by atoms with E-state index in [1.54, 1.807) is 6.26 Å². The molecule has 8 heteroatoms. The van der Waals surface area contributed by atoms with Crippen LogP contribution in [0.25, 0.3) is 0 Å². The highest BCUT2D eigenvalue weighted by Gasteiger charge is 2.09. The monoisotopic (exact) mass is 217 g/mol. The first-order chi connectivity index (χ1) is 6.59. The summed E-state index contributed by atoms with van der Waals surface area (Å²) in [5, 5.41) is 8.39. The molecule has 0 spiro atoms. The molecule has 0 bridgehead atoms. The zero-order valence-corrected chi connectivity index (χ0v) is 8.43. The van der Waals surface area contributed by atoms with E-state index in [0.717, 1.165) is 0 Å². The summed E-state index contributed by atoms with van der Waals surface area (Å²) in [5.74, 6) is 0.0910. The maximum atomic E-state index is 11.2. The van der Waals surface area contributed by atoms with Crippen molar-refractivity contribution in [1.29, 1.82) is 0 Å². The summed E-state index contributed by atoms with van der Waals surface area (Å²) < 4.78 is 10.7. The van der Waals surface area contributed by atoms with Crippen molar-refractivity contribution in [3.8, 4) is 0 Å². The van der Waals surface area contributed by atoms with Crippen LogP contribution in [-0.2, 0) is 10.8 Å². The zero-order valence-electron chi connectivity index (χ0n) is 7.61. The van der Waals surface area contributed by atoms with E-state index < -0.39 is 16.7 Å². The molecular formula is C6H11N5O2S. The number of carbonyl (C=O) groups is 1. The Morgan fingerprint density at radius 2 is 2.43 bits per heavy atom. The van der Waals surface area contributed by atoms with Crippen LogP contribution in [0.5, 0.6) is 0 Å². The van der Waals surface area contributed by atoms with Gasteiger partial charge in [-0.05, 0) is 0 Å². The van der Waals surface area contributed by atoms with Gasteiger partial charge >= 0.3 is 0 Å². The van der Waals surface area contributed by atoms with Gasteiger partial charge in [0.1, 0.15) is 0 Å². The number of H-pyrrole nitrogens is 1. The van der Waals surface area contributed by atoms with E-state index in [1.807, 2.05) is 0 Å². The number of nitrogens with one attached hydrogen (secondary N) is 2. The number of carbonyl (C=O) groups excluding carboxylic acids is 1. The van der Waals surface area contributed by atoms with Gasteiger partial charge in [-0.15, -0.1) is 5.10 Å². The number of amides is 1. The van der Waals surface area contributed by atoms with E-state index in [1.165, 1.54) is 0 Å². The first-order valence-electron chi connectivity index (χ1n) is 3.85. The molecule has 1 atom stereocenters. The fraction of sp³-hybridized carbons (Fsp3) is 0.500. The van der Waals surface area contributed by atoms with Gasteiger partial charge in [0, 0.05) is 29.4 Å². The van der Waals surface area contributed by atoms with Crippen molar-refractivity contribution in [1.82, 2.24) is 20.5 Å². The molecule has 0 aliphatic heterocycles. The molecule has 78 valence electrons. The Hall–Kier alpha value is -1.44. The molecule has 1 aromatic rings. The third-order valence-corrected chi connectivity index (χ3v) is 2.17. The largest absolute Gasteiger partial charge is 0.366 e. The van der Waals surface area contributed by atoms with Crippen molar-refractivity contribution in [2.24, 2.45) is 0 Å². The minimum atomic E-state index is -0.919. The van der Waals surface area contributed by atoms with Gasteiger partial charge in [0.2, 0.25) is 11.8 Å². The van der Waals surface area contributed by atoms with Crippen molar-refractivity contribution in [2.75, 3.05) is 24.3 Å². The Morgan fingerprint density at radius 3 is 2.93 bits per heavy atom. The molecule has 1 heterocycles. The number of nitrogen functional groups attached to an aromatic ring is 1. The molecule has 0 aliphatic carbocycles. The predicted molar refractivity (Wildman–Crippen MR) is 52.1 cm³/mol. The number of hydrogen-bond donors (Lipinski definition) is 3. The normalized spacial score (nSPS) is 12.4. The van der Waals surface area contributed by atoms with E-state index in [4.69, 9.17) is 5.73 Å². The molecule has 4 N–H and O–H groups in total. The Morgan fingerprint density at radius 1 is 1.71 bits per heavy atom. The first-order valence-corrected chi connectivity index (χ1v) is 5.58. The molecule has 1 rings (SSSR count). The topological polar surface area (TPSA) is 114 Å². The first kappa shape index (κ1) is 10.6. The molecule has 14 heavy (non-hydrogen) atoms. The van der Waals surface area contributed by atoms with Crippen LogP contribution in [0.3, 0.4) is 0 Å². The Kier molecular flexibility index (Phi) is 3.57. The second-order valence-corrected chi connectivity index (χ2v) is 4.13. The summed E-state index contributed by atoms with van der Waals surface area (Å²) >= 11 is 0. The average Bonchev–Trinajstić information content (AvgIpc) is 2.51. The Labute approximate surface area is 82.9 Å². The second-order valence-electron chi connectivity index (χ2n) is 2.58. The van der Waals surface area contributed by atoms with Crippen LogP contribution in [0.1, 0.15) is 10.6 Å². The average molecular weight is 217 g/mol. The zero-order chi connectivity index (χ0) is 10.6. The van der Waals surface area contributed by atoms with Crippen molar-refractivity contribution >= 4 is 22.7 Å². The van der Waals surface area contributed by atoms with Crippen LogP contribution in [0.15, 0.2) is 0 Å². The summed E-state index contributed by atoms with van der Waals surface area (Å²) in [4.78, 5) is 14.9. The highest BCUT2D eigenvalue weighted by atomic mass is 32.2. The molecule has 0 aliphatic rings. The number of rotatable bonds is 4. The summed E-state index contributed by atoms with van der Waals surface area (Å²) in [6, 6.07) is 0. The number of nitrogens with two attached hydrogens (primary N) is 1. The van der Waals surface area contributed by atoms with E-state index in [2.05, 4.69) is 20.5 Å².